The van der Waals surface area contributed by atoms with Gasteiger partial charge in [-0.3, -0.25) is 9.89 Å². The number of nitrogens with one attached hydrogen (secondary N) is 2. The Balaban J connectivity index is 0.00000420. The average molecular weight is 538 g/mol. The average Bonchev–Trinajstić information content (AvgIpc) is 2.68. The lowest BCUT2D eigenvalue weighted by Gasteiger charge is -2.41. The van der Waals surface area contributed by atoms with Gasteiger partial charge < -0.3 is 15.4 Å². The van der Waals surface area contributed by atoms with Gasteiger partial charge in [-0.15, -0.1) is 24.0 Å². The van der Waals surface area contributed by atoms with Crippen molar-refractivity contribution in [3.8, 4) is 0 Å². The van der Waals surface area contributed by atoms with Gasteiger partial charge in [0.25, 0.3) is 0 Å². The van der Waals surface area contributed by atoms with Crippen LogP contribution in [0.25, 0.3) is 0 Å². The summed E-state index contributed by atoms with van der Waals surface area (Å²) in [5, 5.41) is 6.56. The van der Waals surface area contributed by atoms with Crippen molar-refractivity contribution in [3.63, 3.8) is 0 Å². The number of aliphatic imine (C=N–C) groups is 1. The van der Waals surface area contributed by atoms with Crippen LogP contribution < -0.4 is 10.6 Å². The van der Waals surface area contributed by atoms with Crippen LogP contribution in [-0.4, -0.2) is 77.0 Å². The summed E-state index contributed by atoms with van der Waals surface area (Å²) in [5.74, 6) is 0.946. The maximum Gasteiger partial charge on any atom is 0.191 e. The maximum absolute atomic E-state index is 12.3. The second-order valence-electron chi connectivity index (χ2n) is 7.70. The van der Waals surface area contributed by atoms with Gasteiger partial charge in [-0.25, -0.2) is 8.42 Å². The van der Waals surface area contributed by atoms with Crippen molar-refractivity contribution in [2.75, 3.05) is 52.2 Å². The standard InChI is InChI=1S/C20H34N4O3S.HI/c1-20(2,24-11-13-27-14-12-24)17-23-19(21-3)22-10-7-15-28(25,26)16-18-8-5-4-6-9-18;/h4-6,8-9H,7,10-17H2,1-3H3,(H2,21,22,23);1H. The number of halogens is 1. The van der Waals surface area contributed by atoms with Gasteiger partial charge in [0, 0.05) is 38.8 Å². The van der Waals surface area contributed by atoms with E-state index < -0.39 is 9.84 Å². The molecule has 2 N–H and O–H groups in total. The number of sulfone groups is 1. The van der Waals surface area contributed by atoms with E-state index in [4.69, 9.17) is 4.74 Å². The first-order chi connectivity index (χ1) is 13.3. The minimum absolute atomic E-state index is 0. The van der Waals surface area contributed by atoms with E-state index in [1.165, 1.54) is 0 Å². The third-order valence-electron chi connectivity index (χ3n) is 4.93. The molecule has 1 saturated heterocycles. The van der Waals surface area contributed by atoms with Crippen molar-refractivity contribution in [1.29, 1.82) is 0 Å². The Bertz CT molecular complexity index is 721. The summed E-state index contributed by atoms with van der Waals surface area (Å²) in [7, 11) is -1.38. The molecule has 1 aromatic rings. The fourth-order valence-electron chi connectivity index (χ4n) is 3.20. The summed E-state index contributed by atoms with van der Waals surface area (Å²) >= 11 is 0. The van der Waals surface area contributed by atoms with Crippen molar-refractivity contribution < 1.29 is 13.2 Å². The van der Waals surface area contributed by atoms with Gasteiger partial charge >= 0.3 is 0 Å². The van der Waals surface area contributed by atoms with E-state index in [9.17, 15) is 8.42 Å². The second-order valence-corrected chi connectivity index (χ2v) is 9.88. The summed E-state index contributed by atoms with van der Waals surface area (Å²) in [6.07, 6.45) is 0.544. The lowest BCUT2D eigenvalue weighted by atomic mass is 10.0. The van der Waals surface area contributed by atoms with Gasteiger partial charge in [-0.05, 0) is 25.8 Å². The fourth-order valence-corrected chi connectivity index (χ4v) is 4.63. The van der Waals surface area contributed by atoms with Crippen molar-refractivity contribution in [1.82, 2.24) is 15.5 Å². The molecule has 0 aromatic heterocycles. The number of hydrogen-bond donors (Lipinski definition) is 2. The van der Waals surface area contributed by atoms with Crippen molar-refractivity contribution in [3.05, 3.63) is 35.9 Å². The van der Waals surface area contributed by atoms with Gasteiger partial charge in [0.2, 0.25) is 0 Å². The van der Waals surface area contributed by atoms with Gasteiger partial charge in [0.15, 0.2) is 15.8 Å². The Morgan fingerprint density at radius 2 is 1.83 bits per heavy atom. The summed E-state index contributed by atoms with van der Waals surface area (Å²) in [4.78, 5) is 6.65. The largest absolute Gasteiger partial charge is 0.379 e. The van der Waals surface area contributed by atoms with Crippen LogP contribution in [0.1, 0.15) is 25.8 Å². The number of nitrogens with zero attached hydrogens (tertiary/aromatic N) is 2. The molecule has 0 saturated carbocycles. The molecule has 0 amide bonds. The Kier molecular flexibility index (Phi) is 11.4. The first kappa shape index (κ1) is 26.1. The van der Waals surface area contributed by atoms with E-state index in [2.05, 4.69) is 34.4 Å². The zero-order valence-electron chi connectivity index (χ0n) is 17.7. The van der Waals surface area contributed by atoms with Crippen molar-refractivity contribution >= 4 is 39.8 Å². The predicted octanol–water partition coefficient (Wildman–Crippen LogP) is 1.89. The molecular formula is C20H35IN4O3S. The zero-order valence-corrected chi connectivity index (χ0v) is 20.8. The van der Waals surface area contributed by atoms with E-state index in [0.717, 1.165) is 38.4 Å². The van der Waals surface area contributed by atoms with Gasteiger partial charge in [-0.2, -0.15) is 0 Å². The topological polar surface area (TPSA) is 83.0 Å². The normalized spacial score (nSPS) is 16.2. The molecular weight excluding hydrogens is 503 g/mol. The first-order valence-electron chi connectivity index (χ1n) is 9.84. The van der Waals surface area contributed by atoms with Crippen molar-refractivity contribution in [2.45, 2.75) is 31.6 Å². The molecule has 9 heteroatoms. The van der Waals surface area contributed by atoms with Crippen LogP contribution in [0.15, 0.2) is 35.3 Å². The molecule has 0 spiro atoms. The van der Waals surface area contributed by atoms with Gasteiger partial charge in [0.1, 0.15) is 0 Å². The smallest absolute Gasteiger partial charge is 0.191 e. The Labute approximate surface area is 192 Å². The van der Waals surface area contributed by atoms with Crippen LogP contribution in [0.4, 0.5) is 0 Å². The number of benzene rings is 1. The lowest BCUT2D eigenvalue weighted by molar-refractivity contribution is -0.00833. The lowest BCUT2D eigenvalue weighted by Crippen LogP contribution is -2.56. The molecule has 0 radical (unpaired) electrons. The Morgan fingerprint density at radius 3 is 2.45 bits per heavy atom. The number of guanidine groups is 1. The highest BCUT2D eigenvalue weighted by Gasteiger charge is 2.28. The molecule has 29 heavy (non-hydrogen) atoms. The van der Waals surface area contributed by atoms with Crippen LogP contribution in [0.2, 0.25) is 0 Å². The van der Waals surface area contributed by atoms with Gasteiger partial charge in [0.05, 0.1) is 24.7 Å². The summed E-state index contributed by atoms with van der Waals surface area (Å²) in [5.41, 5.74) is 0.818. The van der Waals surface area contributed by atoms with E-state index in [-0.39, 0.29) is 41.0 Å². The van der Waals surface area contributed by atoms with Gasteiger partial charge in [-0.1, -0.05) is 30.3 Å². The molecule has 7 nitrogen and oxygen atoms in total. The molecule has 0 atom stereocenters. The van der Waals surface area contributed by atoms with Crippen LogP contribution in [0.3, 0.4) is 0 Å². The van der Waals surface area contributed by atoms with Crippen LogP contribution >= 0.6 is 24.0 Å². The first-order valence-corrected chi connectivity index (χ1v) is 11.7. The third kappa shape index (κ3) is 9.63. The number of morpholine rings is 1. The highest BCUT2D eigenvalue weighted by atomic mass is 127. The minimum atomic E-state index is -3.11. The van der Waals surface area contributed by atoms with E-state index >= 15 is 0 Å². The van der Waals surface area contributed by atoms with E-state index in [1.54, 1.807) is 7.05 Å². The molecule has 2 rings (SSSR count). The summed E-state index contributed by atoms with van der Waals surface area (Å²) in [6.45, 7) is 9.12. The molecule has 0 aliphatic carbocycles. The number of ether oxygens (including phenoxy) is 1. The fraction of sp³-hybridized carbons (Fsp3) is 0.650. The monoisotopic (exact) mass is 538 g/mol. The number of hydrogen-bond acceptors (Lipinski definition) is 5. The molecule has 166 valence electrons. The van der Waals surface area contributed by atoms with Crippen LogP contribution in [0.5, 0.6) is 0 Å². The highest BCUT2D eigenvalue weighted by molar-refractivity contribution is 14.0. The van der Waals surface area contributed by atoms with Crippen LogP contribution in [-0.2, 0) is 20.3 Å². The third-order valence-corrected chi connectivity index (χ3v) is 6.62. The molecule has 1 fully saturated rings. The Morgan fingerprint density at radius 1 is 1.17 bits per heavy atom. The maximum atomic E-state index is 12.3. The minimum Gasteiger partial charge on any atom is -0.379 e. The molecule has 1 aliphatic rings. The number of rotatable bonds is 9. The molecule has 1 aromatic carbocycles. The quantitative estimate of drug-likeness (QED) is 0.216. The van der Waals surface area contributed by atoms with E-state index in [1.807, 2.05) is 30.3 Å². The summed E-state index contributed by atoms with van der Waals surface area (Å²) in [6, 6.07) is 9.30. The Hall–Kier alpha value is -0.910. The van der Waals surface area contributed by atoms with Crippen LogP contribution in [0, 0.1) is 0 Å². The molecule has 0 unspecified atom stereocenters. The van der Waals surface area contributed by atoms with Crippen molar-refractivity contribution in [2.24, 2.45) is 4.99 Å². The predicted molar refractivity (Wildman–Crippen MR) is 130 cm³/mol. The molecule has 1 heterocycles. The molecule has 1 aliphatic heterocycles. The zero-order chi connectivity index (χ0) is 20.5. The SMILES string of the molecule is CN=C(NCCCS(=O)(=O)Cc1ccccc1)NCC(C)(C)N1CCOCC1.I. The second kappa shape index (κ2) is 12.7. The highest BCUT2D eigenvalue weighted by Crippen LogP contribution is 2.15. The molecule has 0 bridgehead atoms. The van der Waals surface area contributed by atoms with E-state index in [0.29, 0.717) is 18.9 Å². The summed E-state index contributed by atoms with van der Waals surface area (Å²) < 4.78 is 29.9.